The van der Waals surface area contributed by atoms with E-state index in [1.165, 1.54) is 0 Å². The lowest BCUT2D eigenvalue weighted by molar-refractivity contribution is -0.140. The Hall–Kier alpha value is -1.66. The molecule has 0 spiro atoms. The van der Waals surface area contributed by atoms with Crippen LogP contribution < -0.4 is 5.32 Å². The molecule has 2 aromatic heterocycles. The minimum atomic E-state index is -4.69. The summed E-state index contributed by atoms with van der Waals surface area (Å²) in [5.41, 5.74) is -0.581. The number of hydrogen-bond acceptors (Lipinski definition) is 6. The van der Waals surface area contributed by atoms with E-state index in [-0.39, 0.29) is 16.9 Å². The molecule has 2 aromatic rings. The molecular formula is C14H15F4N5OS2. The monoisotopic (exact) mass is 409 g/mol. The van der Waals surface area contributed by atoms with E-state index in [0.717, 1.165) is 11.7 Å². The van der Waals surface area contributed by atoms with Gasteiger partial charge in [0, 0.05) is 25.4 Å². The lowest BCUT2D eigenvalue weighted by Gasteiger charge is -2.30. The molecule has 0 aliphatic carbocycles. The van der Waals surface area contributed by atoms with Crippen molar-refractivity contribution in [1.29, 1.82) is 0 Å². The van der Waals surface area contributed by atoms with E-state index >= 15 is 0 Å². The summed E-state index contributed by atoms with van der Waals surface area (Å²) in [7, 11) is -1.04. The molecule has 26 heavy (non-hydrogen) atoms. The number of thiazole rings is 1. The molecule has 1 aliphatic rings. The van der Waals surface area contributed by atoms with Gasteiger partial charge in [-0.05, 0) is 12.8 Å². The molecule has 1 saturated heterocycles. The summed E-state index contributed by atoms with van der Waals surface area (Å²) < 4.78 is 66.3. The third-order valence-corrected chi connectivity index (χ3v) is 5.87. The molecule has 1 atom stereocenters. The molecular weight excluding hydrogens is 394 g/mol. The summed E-state index contributed by atoms with van der Waals surface area (Å²) in [6.07, 6.45) is -0.895. The number of hydrogen-bond donors (Lipinski definition) is 1. The van der Waals surface area contributed by atoms with E-state index in [2.05, 4.69) is 20.3 Å². The highest BCUT2D eigenvalue weighted by Crippen LogP contribution is 2.38. The van der Waals surface area contributed by atoms with Gasteiger partial charge in [0.25, 0.3) is 0 Å². The highest BCUT2D eigenvalue weighted by molar-refractivity contribution is 7.81. The van der Waals surface area contributed by atoms with Crippen molar-refractivity contribution in [2.45, 2.75) is 25.1 Å². The fraction of sp³-hybridized carbons (Fsp3) is 0.500. The highest BCUT2D eigenvalue weighted by Gasteiger charge is 2.38. The van der Waals surface area contributed by atoms with Crippen molar-refractivity contribution < 1.29 is 21.8 Å². The minimum absolute atomic E-state index is 0.0309. The molecule has 0 radical (unpaired) electrons. The van der Waals surface area contributed by atoms with Crippen LogP contribution in [0.3, 0.4) is 0 Å². The van der Waals surface area contributed by atoms with Gasteiger partial charge < -0.3 is 5.32 Å². The van der Waals surface area contributed by atoms with Gasteiger partial charge >= 0.3 is 6.18 Å². The van der Waals surface area contributed by atoms with Crippen molar-refractivity contribution in [3.63, 3.8) is 0 Å². The van der Waals surface area contributed by atoms with Gasteiger partial charge in [0.1, 0.15) is 5.69 Å². The molecule has 1 fully saturated rings. The first-order chi connectivity index (χ1) is 12.3. The van der Waals surface area contributed by atoms with Crippen LogP contribution in [0.15, 0.2) is 11.7 Å². The molecule has 1 N–H and O–H groups in total. The zero-order valence-electron chi connectivity index (χ0n) is 13.6. The Labute approximate surface area is 153 Å². The van der Waals surface area contributed by atoms with E-state index in [0.29, 0.717) is 37.3 Å². The van der Waals surface area contributed by atoms with Gasteiger partial charge in [-0.1, -0.05) is 0 Å². The Balaban J connectivity index is 1.79. The lowest BCUT2D eigenvalue weighted by Crippen LogP contribution is -2.39. The average molecular weight is 409 g/mol. The maximum Gasteiger partial charge on any atom is 0.434 e. The second-order valence-corrected chi connectivity index (χ2v) is 7.91. The van der Waals surface area contributed by atoms with Crippen molar-refractivity contribution in [3.05, 3.63) is 23.2 Å². The minimum Gasteiger partial charge on any atom is -0.351 e. The van der Waals surface area contributed by atoms with E-state index < -0.39 is 34.4 Å². The second kappa shape index (κ2) is 7.53. The largest absolute Gasteiger partial charge is 0.434 e. The predicted molar refractivity (Wildman–Crippen MR) is 90.4 cm³/mol. The average Bonchev–Trinajstić information content (AvgIpc) is 3.07. The first kappa shape index (κ1) is 19.1. The van der Waals surface area contributed by atoms with Crippen LogP contribution >= 0.6 is 11.3 Å². The van der Waals surface area contributed by atoms with Crippen LogP contribution in [-0.2, 0) is 17.2 Å². The van der Waals surface area contributed by atoms with E-state index in [1.54, 1.807) is 6.26 Å². The van der Waals surface area contributed by atoms with Crippen molar-refractivity contribution in [2.75, 3.05) is 24.7 Å². The van der Waals surface area contributed by atoms with Gasteiger partial charge in [-0.2, -0.15) is 13.2 Å². The Morgan fingerprint density at radius 3 is 2.62 bits per heavy atom. The van der Waals surface area contributed by atoms with E-state index in [4.69, 9.17) is 0 Å². The number of nitrogens with zero attached hydrogens (tertiary/aromatic N) is 4. The fourth-order valence-corrected chi connectivity index (χ4v) is 4.18. The molecule has 0 aromatic carbocycles. The molecule has 142 valence electrons. The maximum absolute atomic E-state index is 14.0. The summed E-state index contributed by atoms with van der Waals surface area (Å²) >= 11 is 0.672. The third-order valence-electron chi connectivity index (χ3n) is 3.95. The predicted octanol–water partition coefficient (Wildman–Crippen LogP) is 2.93. The van der Waals surface area contributed by atoms with Gasteiger partial charge in [-0.25, -0.2) is 27.9 Å². The van der Waals surface area contributed by atoms with E-state index in [1.807, 2.05) is 4.31 Å². The number of piperidine rings is 1. The van der Waals surface area contributed by atoms with Crippen LogP contribution in [0.5, 0.6) is 0 Å². The normalized spacial score (nSPS) is 18.0. The van der Waals surface area contributed by atoms with Crippen molar-refractivity contribution >= 4 is 28.3 Å². The molecule has 6 nitrogen and oxygen atoms in total. The van der Waals surface area contributed by atoms with Gasteiger partial charge in [0.05, 0.1) is 27.6 Å². The fourth-order valence-electron chi connectivity index (χ4n) is 2.65. The first-order valence-electron chi connectivity index (χ1n) is 7.64. The Morgan fingerprint density at radius 2 is 2.00 bits per heavy atom. The SMILES string of the molecule is CS(=O)N1CCC(Nc2ncc(F)c(-c3scnc3C(F)(F)F)n2)CC1. The summed E-state index contributed by atoms with van der Waals surface area (Å²) in [6.45, 7) is 1.23. The molecule has 0 saturated carbocycles. The number of nitrogens with one attached hydrogen (secondary N) is 1. The third kappa shape index (κ3) is 4.18. The molecule has 0 bridgehead atoms. The smallest absolute Gasteiger partial charge is 0.351 e. The van der Waals surface area contributed by atoms with Crippen LogP contribution in [0, 0.1) is 5.82 Å². The summed E-state index contributed by atoms with van der Waals surface area (Å²) in [6, 6.07) is -0.0309. The number of anilines is 1. The van der Waals surface area contributed by atoms with Crippen molar-refractivity contribution in [2.24, 2.45) is 0 Å². The molecule has 12 heteroatoms. The molecule has 0 amide bonds. The molecule has 3 heterocycles. The van der Waals surface area contributed by atoms with E-state index in [9.17, 15) is 21.8 Å². The quantitative estimate of drug-likeness (QED) is 0.787. The summed E-state index contributed by atoms with van der Waals surface area (Å²) in [4.78, 5) is 10.7. The zero-order valence-corrected chi connectivity index (χ0v) is 15.2. The van der Waals surface area contributed by atoms with Crippen molar-refractivity contribution in [1.82, 2.24) is 19.3 Å². The first-order valence-corrected chi connectivity index (χ1v) is 10.0. The Kier molecular flexibility index (Phi) is 5.53. The van der Waals surface area contributed by atoms with Gasteiger partial charge in [-0.15, -0.1) is 11.3 Å². The number of halogens is 4. The van der Waals surface area contributed by atoms with Gasteiger partial charge in [0.2, 0.25) is 5.95 Å². The number of rotatable bonds is 4. The van der Waals surface area contributed by atoms with Crippen LogP contribution in [-0.4, -0.2) is 48.9 Å². The van der Waals surface area contributed by atoms with Gasteiger partial charge in [-0.3, -0.25) is 0 Å². The highest BCUT2D eigenvalue weighted by atomic mass is 32.2. The van der Waals surface area contributed by atoms with Crippen molar-refractivity contribution in [3.8, 4) is 10.6 Å². The standard InChI is InChI=1S/C14H15F4N5OS2/c1-26(24)23-4-2-8(3-5-23)21-13-19-6-9(15)10(22-13)11-12(14(16,17)18)20-7-25-11/h6-8H,2-5H2,1H3,(H,19,21,22). The van der Waals surface area contributed by atoms with Crippen LogP contribution in [0.25, 0.3) is 10.6 Å². The number of aromatic nitrogens is 3. The second-order valence-electron chi connectivity index (χ2n) is 5.69. The van der Waals surface area contributed by atoms with Crippen LogP contribution in [0.2, 0.25) is 0 Å². The summed E-state index contributed by atoms with van der Waals surface area (Å²) in [5, 5.41) is 3.02. The molecule has 3 rings (SSSR count). The number of alkyl halides is 3. The molecule has 1 unspecified atom stereocenters. The summed E-state index contributed by atoms with van der Waals surface area (Å²) in [5.74, 6) is -0.888. The zero-order chi connectivity index (χ0) is 18.9. The Bertz CT molecular complexity index is 805. The van der Waals surface area contributed by atoms with Crippen LogP contribution in [0.1, 0.15) is 18.5 Å². The molecule has 1 aliphatic heterocycles. The van der Waals surface area contributed by atoms with Gasteiger partial charge in [0.15, 0.2) is 11.5 Å². The Morgan fingerprint density at radius 1 is 1.31 bits per heavy atom. The maximum atomic E-state index is 14.0. The topological polar surface area (TPSA) is 71.0 Å². The van der Waals surface area contributed by atoms with Crippen LogP contribution in [0.4, 0.5) is 23.5 Å². The lowest BCUT2D eigenvalue weighted by atomic mass is 10.1.